The van der Waals surface area contributed by atoms with E-state index >= 15 is 0 Å². The summed E-state index contributed by atoms with van der Waals surface area (Å²) in [6, 6.07) is 0.162. The first kappa shape index (κ1) is 16.4. The van der Waals surface area contributed by atoms with Crippen molar-refractivity contribution >= 4 is 5.91 Å². The predicted molar refractivity (Wildman–Crippen MR) is 65.5 cm³/mol. The second-order valence-corrected chi connectivity index (χ2v) is 4.92. The lowest BCUT2D eigenvalue weighted by Crippen LogP contribution is -2.43. The van der Waals surface area contributed by atoms with E-state index in [0.717, 1.165) is 0 Å². The van der Waals surface area contributed by atoms with Gasteiger partial charge in [0.1, 0.15) is 0 Å². The lowest BCUT2D eigenvalue weighted by atomic mass is 10.1. The van der Waals surface area contributed by atoms with Crippen molar-refractivity contribution in [2.45, 2.75) is 64.8 Å². The van der Waals surface area contributed by atoms with Crippen LogP contribution in [0.2, 0.25) is 0 Å². The summed E-state index contributed by atoms with van der Waals surface area (Å²) in [6.07, 6.45) is -1.88. The van der Waals surface area contributed by atoms with E-state index in [1.165, 1.54) is 0 Å². The molecule has 5 nitrogen and oxygen atoms in total. The Morgan fingerprint density at radius 3 is 1.88 bits per heavy atom. The maximum absolute atomic E-state index is 11.9. The van der Waals surface area contributed by atoms with Gasteiger partial charge < -0.3 is 20.2 Å². The number of rotatable bonds is 7. The molecule has 0 heterocycles. The third-order valence-corrected chi connectivity index (χ3v) is 2.57. The highest BCUT2D eigenvalue weighted by molar-refractivity contribution is 5.77. The van der Waals surface area contributed by atoms with Crippen LogP contribution in [-0.4, -0.2) is 57.0 Å². The molecule has 5 heteroatoms. The van der Waals surface area contributed by atoms with Crippen LogP contribution in [0.25, 0.3) is 0 Å². The van der Waals surface area contributed by atoms with E-state index < -0.39 is 18.8 Å². The van der Waals surface area contributed by atoms with Crippen LogP contribution in [0.3, 0.4) is 0 Å². The predicted octanol–water partition coefficient (Wildman–Crippen LogP) is 0.126. The average Bonchev–Trinajstić information content (AvgIpc) is 2.15. The molecule has 0 saturated heterocycles. The molecule has 102 valence electrons. The molecule has 0 spiro atoms. The van der Waals surface area contributed by atoms with E-state index in [2.05, 4.69) is 0 Å². The van der Waals surface area contributed by atoms with E-state index in [0.29, 0.717) is 0 Å². The van der Waals surface area contributed by atoms with Gasteiger partial charge in [-0.2, -0.15) is 0 Å². The van der Waals surface area contributed by atoms with Gasteiger partial charge in [0.05, 0.1) is 25.2 Å². The van der Waals surface area contributed by atoms with Gasteiger partial charge in [-0.15, -0.1) is 0 Å². The van der Waals surface area contributed by atoms with E-state index in [-0.39, 0.29) is 30.8 Å². The molecular formula is C12H25NO4. The zero-order valence-corrected chi connectivity index (χ0v) is 11.1. The number of aliphatic hydroxyl groups excluding tert-OH is 3. The number of carbonyl (C=O) groups excluding carboxylic acids is 1. The third kappa shape index (κ3) is 6.00. The maximum atomic E-state index is 11.9. The van der Waals surface area contributed by atoms with Crippen LogP contribution in [-0.2, 0) is 4.79 Å². The summed E-state index contributed by atoms with van der Waals surface area (Å²) in [5.41, 5.74) is 0. The van der Waals surface area contributed by atoms with Crippen LogP contribution in [0, 0.1) is 0 Å². The van der Waals surface area contributed by atoms with Crippen molar-refractivity contribution in [1.82, 2.24) is 4.90 Å². The monoisotopic (exact) mass is 247 g/mol. The van der Waals surface area contributed by atoms with Gasteiger partial charge in [-0.3, -0.25) is 4.79 Å². The van der Waals surface area contributed by atoms with Crippen LogP contribution in [0.5, 0.6) is 0 Å². The number of hydrogen-bond acceptors (Lipinski definition) is 4. The fourth-order valence-electron chi connectivity index (χ4n) is 1.95. The topological polar surface area (TPSA) is 81.0 Å². The van der Waals surface area contributed by atoms with Crippen LogP contribution < -0.4 is 0 Å². The van der Waals surface area contributed by atoms with Gasteiger partial charge in [-0.25, -0.2) is 0 Å². The van der Waals surface area contributed by atoms with Gasteiger partial charge in [-0.05, 0) is 27.7 Å². The Bertz CT molecular complexity index is 223. The van der Waals surface area contributed by atoms with Crippen molar-refractivity contribution in [1.29, 1.82) is 0 Å². The summed E-state index contributed by atoms with van der Waals surface area (Å²) in [6.45, 7) is 7.29. The smallest absolute Gasteiger partial charge is 0.225 e. The van der Waals surface area contributed by atoms with Crippen molar-refractivity contribution in [3.63, 3.8) is 0 Å². The fourth-order valence-corrected chi connectivity index (χ4v) is 1.95. The molecule has 0 aliphatic heterocycles. The first-order valence-electron chi connectivity index (χ1n) is 6.07. The normalized spacial score (nSPS) is 15.1. The molecule has 0 aromatic rings. The molecule has 0 fully saturated rings. The zero-order valence-electron chi connectivity index (χ0n) is 11.1. The van der Waals surface area contributed by atoms with Crippen molar-refractivity contribution in [2.24, 2.45) is 0 Å². The molecule has 0 unspecified atom stereocenters. The van der Waals surface area contributed by atoms with Gasteiger partial charge in [-0.1, -0.05) is 0 Å². The second kappa shape index (κ2) is 7.63. The summed E-state index contributed by atoms with van der Waals surface area (Å²) in [5.74, 6) is -0.132. The number of amides is 1. The fraction of sp³-hybridized carbons (Fsp3) is 0.917. The minimum Gasteiger partial charge on any atom is -0.394 e. The minimum atomic E-state index is -0.968. The Morgan fingerprint density at radius 2 is 1.53 bits per heavy atom. The summed E-state index contributed by atoms with van der Waals surface area (Å²) in [7, 11) is 0. The quantitative estimate of drug-likeness (QED) is 0.597. The van der Waals surface area contributed by atoms with Crippen molar-refractivity contribution in [3.05, 3.63) is 0 Å². The molecule has 0 aliphatic carbocycles. The van der Waals surface area contributed by atoms with Crippen LogP contribution in [0.1, 0.15) is 40.5 Å². The van der Waals surface area contributed by atoms with Crippen LogP contribution in [0.4, 0.5) is 0 Å². The number of hydrogen-bond donors (Lipinski definition) is 3. The third-order valence-electron chi connectivity index (χ3n) is 2.57. The highest BCUT2D eigenvalue weighted by Gasteiger charge is 2.23. The lowest BCUT2D eigenvalue weighted by molar-refractivity contribution is -0.137. The molecule has 2 atom stereocenters. The van der Waals surface area contributed by atoms with E-state index in [9.17, 15) is 9.90 Å². The minimum absolute atomic E-state index is 0.0201. The van der Waals surface area contributed by atoms with E-state index in [1.807, 2.05) is 27.7 Å². The summed E-state index contributed by atoms with van der Waals surface area (Å²) in [5, 5.41) is 27.4. The van der Waals surface area contributed by atoms with Crippen molar-refractivity contribution < 1.29 is 20.1 Å². The van der Waals surface area contributed by atoms with Crippen LogP contribution >= 0.6 is 0 Å². The molecule has 0 rings (SSSR count). The summed E-state index contributed by atoms with van der Waals surface area (Å²) in [4.78, 5) is 13.6. The number of aliphatic hydroxyl groups is 3. The van der Waals surface area contributed by atoms with Gasteiger partial charge in [0.2, 0.25) is 5.91 Å². The molecule has 1 amide bonds. The highest BCUT2D eigenvalue weighted by atomic mass is 16.3. The standard InChI is InChI=1S/C12H25NO4/c1-8(2)13(9(3)4)12(17)6-10(15)5-11(16)7-14/h8-11,14-16H,5-7H2,1-4H3/t10-,11+/m1/s1. The maximum Gasteiger partial charge on any atom is 0.225 e. The molecule has 0 saturated carbocycles. The van der Waals surface area contributed by atoms with E-state index in [4.69, 9.17) is 10.2 Å². The molecule has 0 aromatic heterocycles. The zero-order chi connectivity index (χ0) is 13.6. The number of carbonyl (C=O) groups is 1. The largest absolute Gasteiger partial charge is 0.394 e. The Morgan fingerprint density at radius 1 is 1.06 bits per heavy atom. The Labute approximate surface area is 103 Å². The van der Waals surface area contributed by atoms with Gasteiger partial charge in [0.15, 0.2) is 0 Å². The molecule has 0 aliphatic rings. The Hall–Kier alpha value is -0.650. The van der Waals surface area contributed by atoms with Gasteiger partial charge in [0.25, 0.3) is 0 Å². The highest BCUT2D eigenvalue weighted by Crippen LogP contribution is 2.11. The molecule has 0 aromatic carbocycles. The van der Waals surface area contributed by atoms with E-state index in [1.54, 1.807) is 4.90 Å². The van der Waals surface area contributed by atoms with Gasteiger partial charge in [0, 0.05) is 18.5 Å². The molecule has 0 radical (unpaired) electrons. The molecular weight excluding hydrogens is 222 g/mol. The average molecular weight is 247 g/mol. The van der Waals surface area contributed by atoms with Crippen molar-refractivity contribution in [2.75, 3.05) is 6.61 Å². The lowest BCUT2D eigenvalue weighted by Gasteiger charge is -2.31. The van der Waals surface area contributed by atoms with Crippen molar-refractivity contribution in [3.8, 4) is 0 Å². The first-order valence-corrected chi connectivity index (χ1v) is 6.07. The second-order valence-electron chi connectivity index (χ2n) is 4.92. The summed E-state index contributed by atoms with van der Waals surface area (Å²) >= 11 is 0. The number of nitrogens with zero attached hydrogens (tertiary/aromatic N) is 1. The first-order chi connectivity index (χ1) is 7.79. The van der Waals surface area contributed by atoms with Crippen LogP contribution in [0.15, 0.2) is 0 Å². The molecule has 3 N–H and O–H groups in total. The van der Waals surface area contributed by atoms with Gasteiger partial charge >= 0.3 is 0 Å². The Kier molecular flexibility index (Phi) is 7.34. The summed E-state index contributed by atoms with van der Waals surface area (Å²) < 4.78 is 0. The molecule has 17 heavy (non-hydrogen) atoms. The molecule has 0 bridgehead atoms. The SMILES string of the molecule is CC(C)N(C(=O)C[C@H](O)C[C@H](O)CO)C(C)C. The Balaban J connectivity index is 4.31.